The predicted octanol–water partition coefficient (Wildman–Crippen LogP) is 2.59. The fraction of sp³-hybridized carbons (Fsp3) is 0.188. The van der Waals surface area contributed by atoms with Crippen LogP contribution in [0.5, 0.6) is 5.88 Å². The van der Waals surface area contributed by atoms with Gasteiger partial charge in [0.05, 0.1) is 23.3 Å². The molecule has 1 saturated heterocycles. The van der Waals surface area contributed by atoms with Crippen LogP contribution in [0.15, 0.2) is 48.7 Å². The van der Waals surface area contributed by atoms with Crippen LogP contribution < -0.4 is 4.74 Å². The molecule has 5 nitrogen and oxygen atoms in total. The van der Waals surface area contributed by atoms with Gasteiger partial charge in [0, 0.05) is 12.3 Å². The van der Waals surface area contributed by atoms with E-state index in [1.54, 1.807) is 11.1 Å². The van der Waals surface area contributed by atoms with Crippen LogP contribution in [0, 0.1) is 0 Å². The molecule has 3 heterocycles. The normalized spacial score (nSPS) is 14.8. The van der Waals surface area contributed by atoms with Crippen molar-refractivity contribution in [3.8, 4) is 5.88 Å². The highest BCUT2D eigenvalue weighted by Crippen LogP contribution is 2.25. The van der Waals surface area contributed by atoms with Gasteiger partial charge in [0.15, 0.2) is 5.01 Å². The molecule has 1 aromatic carbocycles. The number of thiazole rings is 1. The van der Waals surface area contributed by atoms with Crippen molar-refractivity contribution in [2.24, 2.45) is 0 Å². The molecule has 1 amide bonds. The molecule has 0 saturated carbocycles. The molecule has 1 fully saturated rings. The van der Waals surface area contributed by atoms with E-state index < -0.39 is 0 Å². The minimum absolute atomic E-state index is 0.00762. The number of rotatable bonds is 3. The Bertz CT molecular complexity index is 779. The number of hydrogen-bond donors (Lipinski definition) is 0. The van der Waals surface area contributed by atoms with Gasteiger partial charge in [-0.15, -0.1) is 11.3 Å². The number of ether oxygens (including phenoxy) is 1. The van der Waals surface area contributed by atoms with Crippen molar-refractivity contribution in [1.82, 2.24) is 14.9 Å². The molecule has 22 heavy (non-hydrogen) atoms. The second-order valence-electron chi connectivity index (χ2n) is 5.10. The highest BCUT2D eigenvalue weighted by atomic mass is 32.1. The Hall–Kier alpha value is -2.47. The summed E-state index contributed by atoms with van der Waals surface area (Å²) in [6.45, 7) is 1.15. The maximum absolute atomic E-state index is 12.4. The molecule has 0 aliphatic carbocycles. The Kier molecular flexibility index (Phi) is 3.23. The summed E-state index contributed by atoms with van der Waals surface area (Å²) < 4.78 is 6.74. The number of fused-ring (bicyclic) bond motifs is 1. The van der Waals surface area contributed by atoms with Gasteiger partial charge in [0.1, 0.15) is 6.10 Å². The van der Waals surface area contributed by atoms with Crippen molar-refractivity contribution in [3.63, 3.8) is 0 Å². The Balaban J connectivity index is 1.41. The summed E-state index contributed by atoms with van der Waals surface area (Å²) >= 11 is 1.43. The summed E-state index contributed by atoms with van der Waals surface area (Å²) in [5.41, 5.74) is 0.873. The lowest BCUT2D eigenvalue weighted by Gasteiger charge is -2.38. The maximum atomic E-state index is 12.4. The quantitative estimate of drug-likeness (QED) is 0.746. The molecule has 2 aromatic heterocycles. The Morgan fingerprint density at radius 2 is 2.00 bits per heavy atom. The first-order valence-corrected chi connectivity index (χ1v) is 7.84. The lowest BCUT2D eigenvalue weighted by atomic mass is 10.1. The number of carbonyl (C=O) groups is 1. The summed E-state index contributed by atoms with van der Waals surface area (Å²) in [6.07, 6.45) is 1.70. The predicted molar refractivity (Wildman–Crippen MR) is 84.2 cm³/mol. The molecular formula is C16H13N3O2S. The zero-order chi connectivity index (χ0) is 14.9. The number of benzene rings is 1. The number of carbonyl (C=O) groups excluding carboxylic acids is 1. The Morgan fingerprint density at radius 1 is 1.18 bits per heavy atom. The highest BCUT2D eigenvalue weighted by Gasteiger charge is 2.34. The van der Waals surface area contributed by atoms with E-state index >= 15 is 0 Å². The first kappa shape index (κ1) is 13.2. The minimum atomic E-state index is -0.0259. The van der Waals surface area contributed by atoms with Gasteiger partial charge in [-0.1, -0.05) is 18.2 Å². The zero-order valence-electron chi connectivity index (χ0n) is 11.7. The molecule has 0 atom stereocenters. The Morgan fingerprint density at radius 3 is 2.77 bits per heavy atom. The van der Waals surface area contributed by atoms with E-state index in [-0.39, 0.29) is 12.0 Å². The van der Waals surface area contributed by atoms with E-state index in [2.05, 4.69) is 9.97 Å². The smallest absolute Gasteiger partial charge is 0.283 e. The minimum Gasteiger partial charge on any atom is -0.471 e. The molecule has 0 unspecified atom stereocenters. The van der Waals surface area contributed by atoms with Crippen molar-refractivity contribution in [1.29, 1.82) is 0 Å². The van der Waals surface area contributed by atoms with E-state index in [1.807, 2.05) is 42.5 Å². The summed E-state index contributed by atoms with van der Waals surface area (Å²) in [5.74, 6) is 0.571. The third kappa shape index (κ3) is 2.42. The van der Waals surface area contributed by atoms with Crippen LogP contribution in [0.25, 0.3) is 10.2 Å². The van der Waals surface area contributed by atoms with E-state index in [0.29, 0.717) is 24.0 Å². The lowest BCUT2D eigenvalue weighted by molar-refractivity contribution is 0.0160. The zero-order valence-corrected chi connectivity index (χ0v) is 12.5. The molecule has 0 radical (unpaired) electrons. The van der Waals surface area contributed by atoms with Crippen molar-refractivity contribution in [2.45, 2.75) is 6.10 Å². The second kappa shape index (κ2) is 5.38. The van der Waals surface area contributed by atoms with E-state index in [9.17, 15) is 4.79 Å². The average Bonchev–Trinajstić information content (AvgIpc) is 2.95. The van der Waals surface area contributed by atoms with Gasteiger partial charge in [-0.2, -0.15) is 0 Å². The van der Waals surface area contributed by atoms with Crippen LogP contribution in [0.2, 0.25) is 0 Å². The van der Waals surface area contributed by atoms with E-state index in [1.165, 1.54) is 11.3 Å². The van der Waals surface area contributed by atoms with Crippen LogP contribution in [-0.2, 0) is 0 Å². The summed E-state index contributed by atoms with van der Waals surface area (Å²) in [6, 6.07) is 13.3. The number of amides is 1. The molecule has 0 N–H and O–H groups in total. The first-order chi connectivity index (χ1) is 10.8. The van der Waals surface area contributed by atoms with Gasteiger partial charge in [0.25, 0.3) is 5.91 Å². The van der Waals surface area contributed by atoms with Crippen molar-refractivity contribution in [2.75, 3.05) is 13.1 Å². The monoisotopic (exact) mass is 311 g/mol. The number of aromatic nitrogens is 2. The van der Waals surface area contributed by atoms with Crippen molar-refractivity contribution in [3.05, 3.63) is 53.7 Å². The lowest BCUT2D eigenvalue weighted by Crippen LogP contribution is -2.56. The number of hydrogen-bond acceptors (Lipinski definition) is 5. The molecule has 1 aliphatic rings. The first-order valence-electron chi connectivity index (χ1n) is 7.02. The van der Waals surface area contributed by atoms with Gasteiger partial charge in [0.2, 0.25) is 5.88 Å². The fourth-order valence-corrected chi connectivity index (χ4v) is 3.30. The van der Waals surface area contributed by atoms with Crippen LogP contribution in [0.1, 0.15) is 9.80 Å². The van der Waals surface area contributed by atoms with Crippen LogP contribution in [0.3, 0.4) is 0 Å². The molecule has 1 aliphatic heterocycles. The summed E-state index contributed by atoms with van der Waals surface area (Å²) in [7, 11) is 0. The fourth-order valence-electron chi connectivity index (χ4n) is 2.37. The largest absolute Gasteiger partial charge is 0.471 e. The third-order valence-electron chi connectivity index (χ3n) is 3.54. The number of nitrogens with zero attached hydrogens (tertiary/aromatic N) is 3. The van der Waals surface area contributed by atoms with Gasteiger partial charge in [-0.3, -0.25) is 4.79 Å². The summed E-state index contributed by atoms with van der Waals surface area (Å²) in [5, 5.41) is 0.539. The SMILES string of the molecule is O=C(c1nc2ccccc2s1)N1CC(Oc2ccccn2)C1. The number of para-hydroxylation sites is 1. The van der Waals surface area contributed by atoms with Gasteiger partial charge < -0.3 is 9.64 Å². The number of pyridine rings is 1. The molecule has 110 valence electrons. The van der Waals surface area contributed by atoms with Crippen molar-refractivity contribution < 1.29 is 9.53 Å². The van der Waals surface area contributed by atoms with Crippen LogP contribution >= 0.6 is 11.3 Å². The van der Waals surface area contributed by atoms with Crippen LogP contribution in [-0.4, -0.2) is 40.0 Å². The molecule has 0 bridgehead atoms. The second-order valence-corrected chi connectivity index (χ2v) is 6.14. The maximum Gasteiger partial charge on any atom is 0.283 e. The standard InChI is InChI=1S/C16H13N3O2S/c20-16(15-18-12-5-1-2-6-13(12)22-15)19-9-11(10-19)21-14-7-3-4-8-17-14/h1-8,11H,9-10H2. The topological polar surface area (TPSA) is 55.3 Å². The van der Waals surface area contributed by atoms with Crippen molar-refractivity contribution >= 4 is 27.5 Å². The van der Waals surface area contributed by atoms with E-state index in [4.69, 9.17) is 4.74 Å². The average molecular weight is 311 g/mol. The summed E-state index contributed by atoms with van der Waals surface area (Å²) in [4.78, 5) is 22.7. The van der Waals surface area contributed by atoms with Gasteiger partial charge in [-0.05, 0) is 18.2 Å². The van der Waals surface area contributed by atoms with Crippen LogP contribution in [0.4, 0.5) is 0 Å². The molecule has 6 heteroatoms. The third-order valence-corrected chi connectivity index (χ3v) is 4.56. The van der Waals surface area contributed by atoms with Gasteiger partial charge >= 0.3 is 0 Å². The molecule has 4 rings (SSSR count). The molecule has 3 aromatic rings. The molecule has 0 spiro atoms. The highest BCUT2D eigenvalue weighted by molar-refractivity contribution is 7.20. The Labute approximate surface area is 131 Å². The molecular weight excluding hydrogens is 298 g/mol. The number of likely N-dealkylation sites (tertiary alicyclic amines) is 1. The van der Waals surface area contributed by atoms with E-state index in [0.717, 1.165) is 10.2 Å². The van der Waals surface area contributed by atoms with Gasteiger partial charge in [-0.25, -0.2) is 9.97 Å².